The number of methoxy groups -OCH3 is 1. The van der Waals surface area contributed by atoms with Gasteiger partial charge in [0.1, 0.15) is 0 Å². The van der Waals surface area contributed by atoms with E-state index in [2.05, 4.69) is 10.00 Å². The zero-order valence-electron chi connectivity index (χ0n) is 12.8. The summed E-state index contributed by atoms with van der Waals surface area (Å²) in [5.41, 5.74) is 1.88. The maximum Gasteiger partial charge on any atom is 0.308 e. The van der Waals surface area contributed by atoms with Crippen LogP contribution in [0.3, 0.4) is 0 Å². The fourth-order valence-corrected chi connectivity index (χ4v) is 2.74. The summed E-state index contributed by atoms with van der Waals surface area (Å²) in [5.74, 6) is -0.241. The van der Waals surface area contributed by atoms with Gasteiger partial charge in [-0.3, -0.25) is 14.4 Å². The second kappa shape index (κ2) is 7.24. The third-order valence-corrected chi connectivity index (χ3v) is 4.16. The van der Waals surface area contributed by atoms with E-state index in [0.29, 0.717) is 19.7 Å². The Balaban J connectivity index is 2.01. The highest BCUT2D eigenvalue weighted by Gasteiger charge is 2.25. The van der Waals surface area contributed by atoms with Crippen molar-refractivity contribution in [2.24, 2.45) is 0 Å². The molecule has 6 nitrogen and oxygen atoms in total. The number of hydrogen-bond donors (Lipinski definition) is 0. The number of hydrogen-bond acceptors (Lipinski definition) is 5. The number of aryl methyl sites for hydroxylation is 2. The second-order valence-electron chi connectivity index (χ2n) is 5.17. The molecule has 0 N–H and O–H groups in total. The topological polar surface area (TPSA) is 56.6 Å². The van der Waals surface area contributed by atoms with Crippen molar-refractivity contribution in [1.29, 1.82) is 0 Å². The van der Waals surface area contributed by atoms with Crippen LogP contribution >= 0.6 is 11.6 Å². The molecule has 0 aliphatic carbocycles. The van der Waals surface area contributed by atoms with E-state index in [4.69, 9.17) is 21.1 Å². The predicted molar refractivity (Wildman–Crippen MR) is 79.3 cm³/mol. The van der Waals surface area contributed by atoms with Gasteiger partial charge in [-0.05, 0) is 13.8 Å². The van der Waals surface area contributed by atoms with Gasteiger partial charge in [-0.15, -0.1) is 0 Å². The summed E-state index contributed by atoms with van der Waals surface area (Å²) in [6, 6.07) is 0. The lowest BCUT2D eigenvalue weighted by atomic mass is 10.2. The summed E-state index contributed by atoms with van der Waals surface area (Å²) in [6.45, 7) is 7.59. The Hall–Kier alpha value is -1.11. The Labute approximate surface area is 129 Å². The summed E-state index contributed by atoms with van der Waals surface area (Å²) in [7, 11) is 1.39. The Morgan fingerprint density at radius 3 is 3.00 bits per heavy atom. The summed E-state index contributed by atoms with van der Waals surface area (Å²) in [5, 5.41) is 5.16. The van der Waals surface area contributed by atoms with Crippen LogP contribution in [0, 0.1) is 6.92 Å². The van der Waals surface area contributed by atoms with Gasteiger partial charge in [0.05, 0.1) is 42.7 Å². The molecule has 0 amide bonds. The summed E-state index contributed by atoms with van der Waals surface area (Å²) in [4.78, 5) is 13.6. The Morgan fingerprint density at radius 1 is 1.57 bits per heavy atom. The van der Waals surface area contributed by atoms with Crippen LogP contribution < -0.4 is 0 Å². The largest absolute Gasteiger partial charge is 0.469 e. The van der Waals surface area contributed by atoms with Crippen molar-refractivity contribution < 1.29 is 14.3 Å². The molecule has 0 spiro atoms. The molecule has 1 aromatic heterocycles. The maximum absolute atomic E-state index is 11.3. The maximum atomic E-state index is 11.3. The lowest BCUT2D eigenvalue weighted by Crippen LogP contribution is -2.43. The number of carbonyl (C=O) groups excluding carboxylic acids is 1. The van der Waals surface area contributed by atoms with Crippen LogP contribution in [0.25, 0.3) is 0 Å². The van der Waals surface area contributed by atoms with E-state index in [1.54, 1.807) is 0 Å². The standard InChI is InChI=1S/C14H22ClN3O3/c1-4-18-12(14(15)10(2)16-18)9-17-5-6-21-11(8-17)7-13(19)20-3/h11H,4-9H2,1-3H3. The monoisotopic (exact) mass is 315 g/mol. The average Bonchev–Trinajstić information content (AvgIpc) is 2.75. The van der Waals surface area contributed by atoms with Crippen molar-refractivity contribution >= 4 is 17.6 Å². The smallest absolute Gasteiger partial charge is 0.308 e. The number of halogens is 1. The van der Waals surface area contributed by atoms with Gasteiger partial charge in [0.25, 0.3) is 0 Å². The van der Waals surface area contributed by atoms with E-state index >= 15 is 0 Å². The molecule has 21 heavy (non-hydrogen) atoms. The molecule has 2 heterocycles. The lowest BCUT2D eigenvalue weighted by Gasteiger charge is -2.32. The minimum Gasteiger partial charge on any atom is -0.469 e. The van der Waals surface area contributed by atoms with E-state index < -0.39 is 0 Å². The van der Waals surface area contributed by atoms with E-state index in [-0.39, 0.29) is 18.5 Å². The molecule has 0 bridgehead atoms. The minimum atomic E-state index is -0.241. The van der Waals surface area contributed by atoms with Gasteiger partial charge >= 0.3 is 5.97 Å². The predicted octanol–water partition coefficient (Wildman–Crippen LogP) is 1.63. The molecule has 118 valence electrons. The second-order valence-corrected chi connectivity index (χ2v) is 5.55. The van der Waals surface area contributed by atoms with E-state index in [9.17, 15) is 4.79 Å². The van der Waals surface area contributed by atoms with Crippen LogP contribution in [-0.4, -0.2) is 53.6 Å². The number of ether oxygens (including phenoxy) is 2. The van der Waals surface area contributed by atoms with Crippen molar-refractivity contribution in [3.05, 3.63) is 16.4 Å². The third kappa shape index (κ3) is 3.96. The molecule has 1 saturated heterocycles. The van der Waals surface area contributed by atoms with Crippen LogP contribution in [0.1, 0.15) is 24.7 Å². The summed E-state index contributed by atoms with van der Waals surface area (Å²) < 4.78 is 12.2. The highest BCUT2D eigenvalue weighted by molar-refractivity contribution is 6.31. The van der Waals surface area contributed by atoms with Crippen molar-refractivity contribution in [3.8, 4) is 0 Å². The molecular weight excluding hydrogens is 294 g/mol. The van der Waals surface area contributed by atoms with Crippen molar-refractivity contribution in [3.63, 3.8) is 0 Å². The van der Waals surface area contributed by atoms with E-state index in [1.807, 2.05) is 18.5 Å². The Bertz CT molecular complexity index is 504. The van der Waals surface area contributed by atoms with Gasteiger partial charge in [0.2, 0.25) is 0 Å². The van der Waals surface area contributed by atoms with Crippen molar-refractivity contribution in [2.75, 3.05) is 26.8 Å². The molecule has 0 saturated carbocycles. The van der Waals surface area contributed by atoms with Crippen LogP contribution in [0.15, 0.2) is 0 Å². The number of carbonyl (C=O) groups is 1. The lowest BCUT2D eigenvalue weighted by molar-refractivity contribution is -0.145. The molecule has 1 aliphatic rings. The van der Waals surface area contributed by atoms with Crippen molar-refractivity contribution in [1.82, 2.24) is 14.7 Å². The molecule has 0 aromatic carbocycles. The zero-order valence-corrected chi connectivity index (χ0v) is 13.5. The molecule has 0 radical (unpaired) electrons. The van der Waals surface area contributed by atoms with E-state index in [1.165, 1.54) is 7.11 Å². The molecule has 1 atom stereocenters. The first-order valence-electron chi connectivity index (χ1n) is 7.17. The average molecular weight is 316 g/mol. The van der Waals surface area contributed by atoms with Gasteiger partial charge in [-0.1, -0.05) is 11.6 Å². The molecular formula is C14H22ClN3O3. The van der Waals surface area contributed by atoms with Crippen LogP contribution in [-0.2, 0) is 27.4 Å². The minimum absolute atomic E-state index is 0.121. The fourth-order valence-electron chi connectivity index (χ4n) is 2.55. The van der Waals surface area contributed by atoms with Crippen LogP contribution in [0.4, 0.5) is 0 Å². The molecule has 1 aliphatic heterocycles. The number of aromatic nitrogens is 2. The molecule has 1 unspecified atom stereocenters. The summed E-state index contributed by atoms with van der Waals surface area (Å²) >= 11 is 6.34. The number of morpholine rings is 1. The normalized spacial score (nSPS) is 19.7. The summed E-state index contributed by atoms with van der Waals surface area (Å²) in [6.07, 6.45) is 0.163. The quantitative estimate of drug-likeness (QED) is 0.773. The molecule has 1 fully saturated rings. The first kappa shape index (κ1) is 16.3. The molecule has 2 rings (SSSR count). The molecule has 7 heteroatoms. The highest BCUT2D eigenvalue weighted by atomic mass is 35.5. The number of rotatable bonds is 5. The Kier molecular flexibility index (Phi) is 5.61. The third-order valence-electron chi connectivity index (χ3n) is 3.67. The fraction of sp³-hybridized carbons (Fsp3) is 0.714. The Morgan fingerprint density at radius 2 is 2.33 bits per heavy atom. The number of esters is 1. The van der Waals surface area contributed by atoms with Gasteiger partial charge < -0.3 is 9.47 Å². The first-order valence-corrected chi connectivity index (χ1v) is 7.55. The van der Waals surface area contributed by atoms with Crippen LogP contribution in [0.5, 0.6) is 0 Å². The van der Waals surface area contributed by atoms with Crippen molar-refractivity contribution in [2.45, 2.75) is 39.5 Å². The zero-order chi connectivity index (χ0) is 15.4. The molecule has 1 aromatic rings. The van der Waals surface area contributed by atoms with Gasteiger partial charge in [0.15, 0.2) is 0 Å². The van der Waals surface area contributed by atoms with Gasteiger partial charge in [0, 0.05) is 26.2 Å². The first-order chi connectivity index (χ1) is 10.0. The SMILES string of the molecule is CCn1nc(C)c(Cl)c1CN1CCOC(CC(=O)OC)C1. The van der Waals surface area contributed by atoms with Crippen LogP contribution in [0.2, 0.25) is 5.02 Å². The van der Waals surface area contributed by atoms with E-state index in [0.717, 1.165) is 29.5 Å². The van der Waals surface area contributed by atoms with Gasteiger partial charge in [-0.2, -0.15) is 5.10 Å². The van der Waals surface area contributed by atoms with Gasteiger partial charge in [-0.25, -0.2) is 0 Å². The highest BCUT2D eigenvalue weighted by Crippen LogP contribution is 2.23. The number of nitrogens with zero attached hydrogens (tertiary/aromatic N) is 3.